The van der Waals surface area contributed by atoms with Gasteiger partial charge in [-0.2, -0.15) is 0 Å². The molecule has 0 aliphatic carbocycles. The molecule has 3 N–H and O–H groups in total. The highest BCUT2D eigenvalue weighted by Crippen LogP contribution is 2.24. The average molecular weight is 313 g/mol. The van der Waals surface area contributed by atoms with Crippen LogP contribution in [-0.4, -0.2) is 24.0 Å². The van der Waals surface area contributed by atoms with E-state index in [0.29, 0.717) is 11.4 Å². The Morgan fingerprint density at radius 1 is 1.30 bits per heavy atom. The molecule has 3 rings (SSSR count). The summed E-state index contributed by atoms with van der Waals surface area (Å²) in [6.07, 6.45) is -0.491. The summed E-state index contributed by atoms with van der Waals surface area (Å²) in [6, 6.07) is 14.0. The molecule has 0 saturated heterocycles. The second kappa shape index (κ2) is 6.47. The van der Waals surface area contributed by atoms with E-state index < -0.39 is 12.2 Å². The molecule has 1 unspecified atom stereocenters. The van der Waals surface area contributed by atoms with Crippen molar-refractivity contribution in [3.63, 3.8) is 0 Å². The molecule has 23 heavy (non-hydrogen) atoms. The third kappa shape index (κ3) is 3.31. The van der Waals surface area contributed by atoms with Crippen LogP contribution in [0.25, 0.3) is 0 Å². The molecule has 0 spiro atoms. The normalized spacial score (nSPS) is 16.6. The molecule has 0 amide bonds. The van der Waals surface area contributed by atoms with Crippen LogP contribution in [0.3, 0.4) is 0 Å². The van der Waals surface area contributed by atoms with E-state index in [2.05, 4.69) is 16.0 Å². The van der Waals surface area contributed by atoms with Crippen molar-refractivity contribution in [1.82, 2.24) is 5.48 Å². The quantitative estimate of drug-likeness (QED) is 0.734. The van der Waals surface area contributed by atoms with Gasteiger partial charge in [-0.25, -0.2) is 20.1 Å². The number of carboxylic acids is 1. The van der Waals surface area contributed by atoms with Crippen molar-refractivity contribution in [2.45, 2.75) is 6.23 Å². The molecule has 1 heterocycles. The van der Waals surface area contributed by atoms with E-state index in [9.17, 15) is 4.79 Å². The zero-order valence-electron chi connectivity index (χ0n) is 12.3. The largest absolute Gasteiger partial charge is 0.478 e. The Morgan fingerprint density at radius 2 is 2.09 bits per heavy atom. The van der Waals surface area contributed by atoms with E-state index in [1.165, 1.54) is 6.07 Å². The van der Waals surface area contributed by atoms with Gasteiger partial charge < -0.3 is 5.11 Å². The highest BCUT2D eigenvalue weighted by atomic mass is 16.7. The second-order valence-corrected chi connectivity index (χ2v) is 4.86. The molecular formula is C16H15N3O4. The molecule has 7 nitrogen and oxygen atoms in total. The van der Waals surface area contributed by atoms with E-state index in [0.717, 1.165) is 11.3 Å². The van der Waals surface area contributed by atoms with Crippen LogP contribution < -0.4 is 11.0 Å². The molecule has 1 aliphatic rings. The van der Waals surface area contributed by atoms with Gasteiger partial charge in [0.2, 0.25) is 6.23 Å². The van der Waals surface area contributed by atoms with Crippen LogP contribution in [0, 0.1) is 0 Å². The van der Waals surface area contributed by atoms with E-state index in [-0.39, 0.29) is 5.56 Å². The maximum absolute atomic E-state index is 11.0. The summed E-state index contributed by atoms with van der Waals surface area (Å²) in [5, 5.41) is 9.04. The Labute approximate surface area is 132 Å². The predicted octanol–water partition coefficient (Wildman–Crippen LogP) is 2.34. The van der Waals surface area contributed by atoms with Crippen LogP contribution in [-0.2, 0) is 9.68 Å². The Bertz CT molecular complexity index is 743. The molecule has 7 heteroatoms. The Morgan fingerprint density at radius 3 is 2.78 bits per heavy atom. The monoisotopic (exact) mass is 313 g/mol. The first kappa shape index (κ1) is 15.0. The number of hydrogen-bond acceptors (Lipinski definition) is 6. The van der Waals surface area contributed by atoms with E-state index in [4.69, 9.17) is 14.8 Å². The van der Waals surface area contributed by atoms with E-state index >= 15 is 0 Å². The maximum atomic E-state index is 11.0. The number of benzene rings is 2. The van der Waals surface area contributed by atoms with Gasteiger partial charge >= 0.3 is 5.97 Å². The summed E-state index contributed by atoms with van der Waals surface area (Å²) in [5.41, 5.74) is 8.01. The lowest BCUT2D eigenvalue weighted by Crippen LogP contribution is -2.18. The standard InChI is InChI=1S/C16H15N3O4/c1-22-18-13-7-5-10(6-8-13)15-17-14(19-23-15)11-3-2-4-12(9-11)16(20)21/h2-9,15,18H,1H3,(H,17,19)(H,20,21). The van der Waals surface area contributed by atoms with Gasteiger partial charge in [0, 0.05) is 11.1 Å². The minimum atomic E-state index is -0.982. The molecular weight excluding hydrogens is 298 g/mol. The molecule has 0 aromatic heterocycles. The summed E-state index contributed by atoms with van der Waals surface area (Å²) in [7, 11) is 1.54. The van der Waals surface area contributed by atoms with Crippen LogP contribution in [0.2, 0.25) is 0 Å². The molecule has 2 aromatic rings. The van der Waals surface area contributed by atoms with Gasteiger partial charge in [0.1, 0.15) is 0 Å². The van der Waals surface area contributed by atoms with Crippen molar-refractivity contribution in [3.8, 4) is 0 Å². The fourth-order valence-electron chi connectivity index (χ4n) is 2.19. The van der Waals surface area contributed by atoms with Crippen molar-refractivity contribution in [2.24, 2.45) is 4.99 Å². The summed E-state index contributed by atoms with van der Waals surface area (Å²) in [5.74, 6) is -0.485. The molecule has 2 aromatic carbocycles. The number of aliphatic imine (C=N–C) groups is 1. The molecule has 1 atom stereocenters. The first-order valence-electron chi connectivity index (χ1n) is 6.89. The van der Waals surface area contributed by atoms with Crippen LogP contribution in [0.5, 0.6) is 0 Å². The van der Waals surface area contributed by atoms with Crippen molar-refractivity contribution < 1.29 is 19.6 Å². The Hall–Kier alpha value is -2.90. The topological polar surface area (TPSA) is 92.2 Å². The minimum Gasteiger partial charge on any atom is -0.478 e. The second-order valence-electron chi connectivity index (χ2n) is 4.86. The molecule has 118 valence electrons. The zero-order chi connectivity index (χ0) is 16.2. The van der Waals surface area contributed by atoms with E-state index in [1.807, 2.05) is 24.3 Å². The van der Waals surface area contributed by atoms with E-state index in [1.54, 1.807) is 25.3 Å². The van der Waals surface area contributed by atoms with Crippen LogP contribution in [0.4, 0.5) is 5.69 Å². The van der Waals surface area contributed by atoms with Gasteiger partial charge in [-0.05, 0) is 24.3 Å². The van der Waals surface area contributed by atoms with Crippen molar-refractivity contribution in [2.75, 3.05) is 12.6 Å². The number of carbonyl (C=O) groups is 1. The number of nitrogens with zero attached hydrogens (tertiary/aromatic N) is 1. The smallest absolute Gasteiger partial charge is 0.335 e. The third-order valence-electron chi connectivity index (χ3n) is 3.31. The fourth-order valence-corrected chi connectivity index (χ4v) is 2.19. The number of nitrogens with one attached hydrogen (secondary N) is 2. The number of aromatic carboxylic acids is 1. The fraction of sp³-hybridized carbons (Fsp3) is 0.125. The molecule has 0 radical (unpaired) electrons. The van der Waals surface area contributed by atoms with Crippen molar-refractivity contribution >= 4 is 17.5 Å². The van der Waals surface area contributed by atoms with Gasteiger partial charge in [-0.1, -0.05) is 24.3 Å². The first-order chi connectivity index (χ1) is 11.2. The first-order valence-corrected chi connectivity index (χ1v) is 6.89. The summed E-state index contributed by atoms with van der Waals surface area (Å²) in [4.78, 5) is 25.8. The number of carboxylic acid groups (broad SMARTS) is 1. The zero-order valence-corrected chi connectivity index (χ0v) is 12.3. The van der Waals surface area contributed by atoms with Crippen LogP contribution in [0.15, 0.2) is 53.5 Å². The molecule has 1 aliphatic heterocycles. The van der Waals surface area contributed by atoms with Gasteiger partial charge in [-0.15, -0.1) is 0 Å². The predicted molar refractivity (Wildman–Crippen MR) is 84.0 cm³/mol. The van der Waals surface area contributed by atoms with Crippen molar-refractivity contribution in [1.29, 1.82) is 0 Å². The third-order valence-corrected chi connectivity index (χ3v) is 3.31. The Kier molecular flexibility index (Phi) is 4.22. The lowest BCUT2D eigenvalue weighted by Gasteiger charge is -2.07. The number of rotatable bonds is 5. The van der Waals surface area contributed by atoms with Crippen LogP contribution >= 0.6 is 0 Å². The highest BCUT2D eigenvalue weighted by Gasteiger charge is 2.21. The lowest BCUT2D eigenvalue weighted by molar-refractivity contribution is 0.0377. The van der Waals surface area contributed by atoms with Gasteiger partial charge in [0.05, 0.1) is 18.4 Å². The average Bonchev–Trinajstić information content (AvgIpc) is 3.06. The number of amidine groups is 1. The summed E-state index contributed by atoms with van der Waals surface area (Å²) < 4.78 is 0. The molecule has 0 bridgehead atoms. The number of hydroxylamine groups is 1. The summed E-state index contributed by atoms with van der Waals surface area (Å²) >= 11 is 0. The minimum absolute atomic E-state index is 0.199. The maximum Gasteiger partial charge on any atom is 0.335 e. The molecule has 0 fully saturated rings. The molecule has 0 saturated carbocycles. The SMILES string of the molecule is CONc1ccc(C2N=C(c3cccc(C(=O)O)c3)NO2)cc1. The van der Waals surface area contributed by atoms with Gasteiger partial charge in [-0.3, -0.25) is 10.3 Å². The van der Waals surface area contributed by atoms with Gasteiger partial charge in [0.15, 0.2) is 5.84 Å². The van der Waals surface area contributed by atoms with Gasteiger partial charge in [0.25, 0.3) is 0 Å². The summed E-state index contributed by atoms with van der Waals surface area (Å²) in [6.45, 7) is 0. The van der Waals surface area contributed by atoms with Crippen LogP contribution in [0.1, 0.15) is 27.7 Å². The Balaban J connectivity index is 1.80. The number of anilines is 1. The highest BCUT2D eigenvalue weighted by molar-refractivity contribution is 6.01. The number of hydrogen-bond donors (Lipinski definition) is 3. The van der Waals surface area contributed by atoms with Crippen molar-refractivity contribution in [3.05, 3.63) is 65.2 Å². The lowest BCUT2D eigenvalue weighted by atomic mass is 10.1.